The molecule has 3 rings (SSSR count). The highest BCUT2D eigenvalue weighted by molar-refractivity contribution is 7.10. The Labute approximate surface area is 157 Å². The van der Waals surface area contributed by atoms with Crippen LogP contribution >= 0.6 is 11.3 Å². The first-order valence-electron chi connectivity index (χ1n) is 8.99. The zero-order chi connectivity index (χ0) is 18.4. The van der Waals surface area contributed by atoms with Crippen LogP contribution in [0.4, 0.5) is 10.1 Å². The molecular weight excluding hydrogens is 351 g/mol. The molecule has 1 aliphatic carbocycles. The van der Waals surface area contributed by atoms with Gasteiger partial charge in [-0.05, 0) is 42.5 Å². The van der Waals surface area contributed by atoms with Crippen LogP contribution in [-0.4, -0.2) is 24.4 Å². The Morgan fingerprint density at radius 1 is 1.15 bits per heavy atom. The van der Waals surface area contributed by atoms with Gasteiger partial charge in [-0.1, -0.05) is 31.4 Å². The number of amides is 2. The van der Waals surface area contributed by atoms with Crippen molar-refractivity contribution in [1.82, 2.24) is 5.32 Å². The number of rotatable bonds is 6. The maximum atomic E-state index is 13.6. The van der Waals surface area contributed by atoms with Crippen molar-refractivity contribution in [1.29, 1.82) is 0 Å². The molecular formula is C20H23FN2O2S. The molecule has 0 radical (unpaired) electrons. The van der Waals surface area contributed by atoms with Crippen LogP contribution in [0.15, 0.2) is 41.8 Å². The first-order chi connectivity index (χ1) is 12.6. The number of nitrogens with one attached hydrogen (secondary N) is 1. The number of thiophene rings is 1. The van der Waals surface area contributed by atoms with Crippen molar-refractivity contribution in [2.45, 2.75) is 44.6 Å². The molecule has 0 saturated heterocycles. The fourth-order valence-electron chi connectivity index (χ4n) is 3.29. The number of hydrogen-bond acceptors (Lipinski definition) is 3. The predicted octanol–water partition coefficient (Wildman–Crippen LogP) is 3.91. The van der Waals surface area contributed by atoms with Crippen LogP contribution in [0.1, 0.15) is 37.0 Å². The lowest BCUT2D eigenvalue weighted by Crippen LogP contribution is -2.45. The van der Waals surface area contributed by atoms with Crippen molar-refractivity contribution in [3.05, 3.63) is 52.5 Å². The van der Waals surface area contributed by atoms with Crippen molar-refractivity contribution in [3.8, 4) is 0 Å². The third-order valence-electron chi connectivity index (χ3n) is 4.60. The van der Waals surface area contributed by atoms with Gasteiger partial charge in [0.25, 0.3) is 0 Å². The van der Waals surface area contributed by atoms with Crippen molar-refractivity contribution in [2.24, 2.45) is 0 Å². The average Bonchev–Trinajstić information content (AvgIpc) is 3.13. The van der Waals surface area contributed by atoms with E-state index < -0.39 is 5.82 Å². The normalized spacial score (nSPS) is 14.8. The molecule has 2 amide bonds. The van der Waals surface area contributed by atoms with Crippen molar-refractivity contribution in [2.75, 3.05) is 11.4 Å². The Hall–Kier alpha value is -2.21. The van der Waals surface area contributed by atoms with E-state index in [1.807, 2.05) is 17.5 Å². The second-order valence-corrected chi connectivity index (χ2v) is 7.65. The van der Waals surface area contributed by atoms with Gasteiger partial charge < -0.3 is 10.2 Å². The van der Waals surface area contributed by atoms with Gasteiger partial charge in [-0.25, -0.2) is 4.39 Å². The Morgan fingerprint density at radius 2 is 1.96 bits per heavy atom. The largest absolute Gasteiger partial charge is 0.352 e. The van der Waals surface area contributed by atoms with E-state index in [4.69, 9.17) is 0 Å². The minimum absolute atomic E-state index is 0.0931. The molecule has 6 heteroatoms. The second-order valence-electron chi connectivity index (χ2n) is 6.62. The lowest BCUT2D eigenvalue weighted by molar-refractivity contribution is -0.124. The molecule has 1 saturated carbocycles. The van der Waals surface area contributed by atoms with Gasteiger partial charge in [0.2, 0.25) is 11.8 Å². The number of halogens is 1. The van der Waals surface area contributed by atoms with Gasteiger partial charge in [-0.2, -0.15) is 0 Å². The van der Waals surface area contributed by atoms with Crippen LogP contribution in [-0.2, 0) is 16.0 Å². The van der Waals surface area contributed by atoms with Gasteiger partial charge in [-0.3, -0.25) is 9.59 Å². The second kappa shape index (κ2) is 8.94. The molecule has 1 heterocycles. The van der Waals surface area contributed by atoms with Crippen molar-refractivity contribution < 1.29 is 14.0 Å². The van der Waals surface area contributed by atoms with E-state index in [0.29, 0.717) is 5.69 Å². The highest BCUT2D eigenvalue weighted by Gasteiger charge is 2.22. The van der Waals surface area contributed by atoms with Crippen molar-refractivity contribution in [3.63, 3.8) is 0 Å². The zero-order valence-corrected chi connectivity index (χ0v) is 15.4. The van der Waals surface area contributed by atoms with Gasteiger partial charge in [0.1, 0.15) is 12.4 Å². The molecule has 1 aromatic carbocycles. The molecule has 0 unspecified atom stereocenters. The SMILES string of the molecule is O=C(CN(C(=O)Cc1cccs1)c1cccc(F)c1)NC1CCCCC1. The summed E-state index contributed by atoms with van der Waals surface area (Å²) in [6, 6.07) is 9.77. The van der Waals surface area contributed by atoms with E-state index in [9.17, 15) is 14.0 Å². The Balaban J connectivity index is 1.71. The number of hydrogen-bond donors (Lipinski definition) is 1. The summed E-state index contributed by atoms with van der Waals surface area (Å²) in [6.45, 7) is -0.0931. The molecule has 1 N–H and O–H groups in total. The van der Waals surface area contributed by atoms with Gasteiger partial charge in [0, 0.05) is 16.6 Å². The summed E-state index contributed by atoms with van der Waals surface area (Å²) in [5.74, 6) is -0.832. The number of carbonyl (C=O) groups excluding carboxylic acids is 2. The van der Waals surface area contributed by atoms with Gasteiger partial charge in [-0.15, -0.1) is 11.3 Å². The van der Waals surface area contributed by atoms with Crippen LogP contribution in [0.5, 0.6) is 0 Å². The molecule has 0 bridgehead atoms. The van der Waals surface area contributed by atoms with Crippen LogP contribution in [0.25, 0.3) is 0 Å². The van der Waals surface area contributed by atoms with Crippen LogP contribution < -0.4 is 10.2 Å². The molecule has 0 aliphatic heterocycles. The number of nitrogens with zero attached hydrogens (tertiary/aromatic N) is 1. The summed E-state index contributed by atoms with van der Waals surface area (Å²) < 4.78 is 13.6. The van der Waals surface area contributed by atoms with Gasteiger partial charge >= 0.3 is 0 Å². The topological polar surface area (TPSA) is 49.4 Å². The zero-order valence-electron chi connectivity index (χ0n) is 14.6. The Kier molecular flexibility index (Phi) is 6.39. The van der Waals surface area contributed by atoms with Gasteiger partial charge in [0.15, 0.2) is 0 Å². The van der Waals surface area contributed by atoms with E-state index in [1.165, 1.54) is 34.8 Å². The quantitative estimate of drug-likeness (QED) is 0.833. The van der Waals surface area contributed by atoms with Crippen LogP contribution in [0.3, 0.4) is 0 Å². The molecule has 4 nitrogen and oxygen atoms in total. The first kappa shape index (κ1) is 18.6. The fourth-order valence-corrected chi connectivity index (χ4v) is 3.98. The number of carbonyl (C=O) groups is 2. The molecule has 26 heavy (non-hydrogen) atoms. The molecule has 138 valence electrons. The monoisotopic (exact) mass is 374 g/mol. The fraction of sp³-hybridized carbons (Fsp3) is 0.400. The Bertz CT molecular complexity index is 742. The summed E-state index contributed by atoms with van der Waals surface area (Å²) in [5, 5.41) is 4.93. The summed E-state index contributed by atoms with van der Waals surface area (Å²) in [6.07, 6.45) is 5.61. The van der Waals surface area contributed by atoms with Gasteiger partial charge in [0.05, 0.1) is 6.42 Å². The standard InChI is InChI=1S/C20H23FN2O2S/c21-15-6-4-9-17(12-15)23(20(25)13-18-10-5-11-26-18)14-19(24)22-16-7-2-1-3-8-16/h4-6,9-12,16H,1-3,7-8,13-14H2,(H,22,24). The van der Waals surface area contributed by atoms with E-state index >= 15 is 0 Å². The van der Waals surface area contributed by atoms with Crippen molar-refractivity contribution >= 4 is 28.8 Å². The summed E-state index contributed by atoms with van der Waals surface area (Å²) >= 11 is 1.49. The average molecular weight is 374 g/mol. The Morgan fingerprint density at radius 3 is 2.65 bits per heavy atom. The molecule has 2 aromatic rings. The minimum atomic E-state index is -0.427. The lowest BCUT2D eigenvalue weighted by atomic mass is 9.95. The third kappa shape index (κ3) is 5.14. The van der Waals surface area contributed by atoms with Crippen LogP contribution in [0, 0.1) is 5.82 Å². The first-order valence-corrected chi connectivity index (χ1v) is 9.87. The van der Waals surface area contributed by atoms with E-state index in [1.54, 1.807) is 12.1 Å². The molecule has 1 fully saturated rings. The molecule has 1 aliphatic rings. The lowest BCUT2D eigenvalue weighted by Gasteiger charge is -2.26. The maximum Gasteiger partial charge on any atom is 0.240 e. The summed E-state index contributed by atoms with van der Waals surface area (Å²) in [5.41, 5.74) is 0.408. The van der Waals surface area contributed by atoms with E-state index in [2.05, 4.69) is 5.32 Å². The van der Waals surface area contributed by atoms with Crippen LogP contribution in [0.2, 0.25) is 0 Å². The highest BCUT2D eigenvalue weighted by Crippen LogP contribution is 2.20. The highest BCUT2D eigenvalue weighted by atomic mass is 32.1. The molecule has 0 spiro atoms. The summed E-state index contributed by atoms with van der Waals surface area (Å²) in [4.78, 5) is 27.6. The summed E-state index contributed by atoms with van der Waals surface area (Å²) in [7, 11) is 0. The smallest absolute Gasteiger partial charge is 0.240 e. The van der Waals surface area contributed by atoms with E-state index in [0.717, 1.165) is 30.6 Å². The molecule has 1 aromatic heterocycles. The van der Waals surface area contributed by atoms with E-state index in [-0.39, 0.29) is 30.8 Å². The number of anilines is 1. The maximum absolute atomic E-state index is 13.6. The molecule has 0 atom stereocenters. The minimum Gasteiger partial charge on any atom is -0.352 e. The predicted molar refractivity (Wildman–Crippen MR) is 102 cm³/mol. The third-order valence-corrected chi connectivity index (χ3v) is 5.47. The number of benzene rings is 1.